The number of ether oxygens (including phenoxy) is 1. The summed E-state index contributed by atoms with van der Waals surface area (Å²) < 4.78 is 32.9. The number of alkyl halides is 2. The van der Waals surface area contributed by atoms with Crippen molar-refractivity contribution in [1.82, 2.24) is 29.6 Å². The summed E-state index contributed by atoms with van der Waals surface area (Å²) in [6.07, 6.45) is 3.63. The van der Waals surface area contributed by atoms with Crippen LogP contribution >= 0.6 is 0 Å². The van der Waals surface area contributed by atoms with E-state index in [1.165, 1.54) is 4.68 Å². The predicted molar refractivity (Wildman–Crippen MR) is 152 cm³/mol. The topological polar surface area (TPSA) is 101 Å². The average Bonchev–Trinajstić information content (AvgIpc) is 3.36. The number of rotatable bonds is 7. The Morgan fingerprint density at radius 3 is 2.46 bits per heavy atom. The Hall–Kier alpha value is -4.61. The van der Waals surface area contributed by atoms with Gasteiger partial charge in [-0.05, 0) is 63.2 Å². The molecule has 1 amide bonds. The molecule has 0 aliphatic carbocycles. The molecule has 41 heavy (non-hydrogen) atoms. The number of hydrogen-bond acceptors (Lipinski definition) is 8. The van der Waals surface area contributed by atoms with Crippen LogP contribution in [-0.4, -0.2) is 73.9 Å². The van der Waals surface area contributed by atoms with E-state index >= 15 is 0 Å². The highest BCUT2D eigenvalue weighted by Crippen LogP contribution is 2.30. The van der Waals surface area contributed by atoms with Crippen LogP contribution in [0, 0.1) is 0 Å². The van der Waals surface area contributed by atoms with Crippen molar-refractivity contribution in [2.45, 2.75) is 39.3 Å². The molecule has 0 atom stereocenters. The number of carbonyl (C=O) groups excluding carboxylic acids is 1. The fourth-order valence-corrected chi connectivity index (χ4v) is 4.49. The predicted octanol–water partition coefficient (Wildman–Crippen LogP) is 5.47. The van der Waals surface area contributed by atoms with Gasteiger partial charge in [-0.1, -0.05) is 0 Å². The summed E-state index contributed by atoms with van der Waals surface area (Å²) in [7, 11) is 0. The van der Waals surface area contributed by atoms with Gasteiger partial charge in [-0.2, -0.15) is 5.10 Å². The second-order valence-corrected chi connectivity index (χ2v) is 10.6. The third-order valence-electron chi connectivity index (χ3n) is 6.37. The van der Waals surface area contributed by atoms with Crippen molar-refractivity contribution in [1.29, 1.82) is 0 Å². The molecule has 1 aliphatic heterocycles. The van der Waals surface area contributed by atoms with E-state index in [4.69, 9.17) is 4.74 Å². The lowest BCUT2D eigenvalue weighted by atomic mass is 10.1. The van der Waals surface area contributed by atoms with E-state index in [0.29, 0.717) is 54.6 Å². The van der Waals surface area contributed by atoms with Crippen LogP contribution in [0.4, 0.5) is 30.9 Å². The molecule has 0 saturated carbocycles. The molecule has 0 spiro atoms. The number of anilines is 3. The van der Waals surface area contributed by atoms with Crippen molar-refractivity contribution in [3.05, 3.63) is 67.3 Å². The molecule has 5 rings (SSSR count). The van der Waals surface area contributed by atoms with Crippen molar-refractivity contribution in [3.8, 4) is 22.5 Å². The first-order chi connectivity index (χ1) is 19.6. The normalized spacial score (nSPS) is 13.9. The lowest BCUT2D eigenvalue weighted by Gasteiger charge is -2.36. The van der Waals surface area contributed by atoms with Crippen LogP contribution in [0.2, 0.25) is 0 Å². The molecule has 1 fully saturated rings. The van der Waals surface area contributed by atoms with Crippen LogP contribution in [0.25, 0.3) is 22.5 Å². The van der Waals surface area contributed by atoms with Gasteiger partial charge in [-0.3, -0.25) is 9.67 Å². The summed E-state index contributed by atoms with van der Waals surface area (Å²) >= 11 is 0. The van der Waals surface area contributed by atoms with Crippen LogP contribution in [0.5, 0.6) is 0 Å². The lowest BCUT2D eigenvalue weighted by molar-refractivity contribution is 0.0240. The Morgan fingerprint density at radius 1 is 1.05 bits per heavy atom. The number of halogens is 2. The van der Waals surface area contributed by atoms with Crippen LogP contribution < -0.4 is 10.2 Å². The van der Waals surface area contributed by atoms with Gasteiger partial charge >= 0.3 is 6.09 Å². The van der Waals surface area contributed by atoms with Gasteiger partial charge in [-0.15, -0.1) is 0 Å². The highest BCUT2D eigenvalue weighted by molar-refractivity contribution is 5.78. The fraction of sp³-hybridized carbons (Fsp3) is 0.345. The minimum absolute atomic E-state index is 0.284. The molecule has 4 heterocycles. The third kappa shape index (κ3) is 7.13. The van der Waals surface area contributed by atoms with Gasteiger partial charge in [0, 0.05) is 73.5 Å². The maximum absolute atomic E-state index is 13.1. The second kappa shape index (κ2) is 11.9. The minimum Gasteiger partial charge on any atom is -0.444 e. The van der Waals surface area contributed by atoms with E-state index in [9.17, 15) is 13.6 Å². The lowest BCUT2D eigenvalue weighted by Crippen LogP contribution is -2.50. The molecule has 0 radical (unpaired) electrons. The molecule has 214 valence electrons. The Balaban J connectivity index is 1.27. The first kappa shape index (κ1) is 27.9. The molecule has 12 heteroatoms. The van der Waals surface area contributed by atoms with E-state index in [2.05, 4.69) is 30.3 Å². The van der Waals surface area contributed by atoms with E-state index in [-0.39, 0.29) is 6.09 Å². The maximum Gasteiger partial charge on any atom is 0.410 e. The Kier molecular flexibility index (Phi) is 8.09. The first-order valence-corrected chi connectivity index (χ1v) is 13.3. The van der Waals surface area contributed by atoms with Crippen molar-refractivity contribution in [2.24, 2.45) is 0 Å². The van der Waals surface area contributed by atoms with Crippen LogP contribution in [0.3, 0.4) is 0 Å². The van der Waals surface area contributed by atoms with E-state index in [1.807, 2.05) is 51.1 Å². The SMILES string of the molecule is CC(C)(C)OC(=O)N1CCN(c2ccc(Nc3nccc(-c4cn(CC(F)F)nc4-c4cccnc4)n3)cc2)CC1. The number of aromatic nitrogens is 5. The number of carbonyl (C=O) groups is 1. The maximum atomic E-state index is 13.1. The smallest absolute Gasteiger partial charge is 0.410 e. The number of hydrogen-bond donors (Lipinski definition) is 1. The van der Waals surface area contributed by atoms with Gasteiger partial charge < -0.3 is 19.9 Å². The zero-order valence-corrected chi connectivity index (χ0v) is 23.2. The van der Waals surface area contributed by atoms with Gasteiger partial charge in [-0.25, -0.2) is 23.5 Å². The molecular weight excluding hydrogens is 530 g/mol. The minimum atomic E-state index is -2.54. The van der Waals surface area contributed by atoms with Gasteiger partial charge in [0.15, 0.2) is 0 Å². The molecule has 1 aliphatic rings. The summed E-state index contributed by atoms with van der Waals surface area (Å²) in [6.45, 7) is 7.65. The number of piperazine rings is 1. The quantitative estimate of drug-likeness (QED) is 0.317. The molecule has 1 N–H and O–H groups in total. The van der Waals surface area contributed by atoms with Crippen molar-refractivity contribution in [2.75, 3.05) is 36.4 Å². The molecule has 1 saturated heterocycles. The zero-order chi connectivity index (χ0) is 29.0. The van der Waals surface area contributed by atoms with Gasteiger partial charge in [0.2, 0.25) is 5.95 Å². The number of nitrogens with zero attached hydrogens (tertiary/aromatic N) is 7. The van der Waals surface area contributed by atoms with E-state index < -0.39 is 18.6 Å². The highest BCUT2D eigenvalue weighted by Gasteiger charge is 2.26. The van der Waals surface area contributed by atoms with Crippen LogP contribution in [0.1, 0.15) is 20.8 Å². The largest absolute Gasteiger partial charge is 0.444 e. The fourth-order valence-electron chi connectivity index (χ4n) is 4.49. The van der Waals surface area contributed by atoms with Crippen LogP contribution in [-0.2, 0) is 11.3 Å². The summed E-state index contributed by atoms with van der Waals surface area (Å²) in [5.41, 5.74) is 3.68. The summed E-state index contributed by atoms with van der Waals surface area (Å²) in [4.78, 5) is 29.4. The molecule has 4 aromatic rings. The Bertz CT molecular complexity index is 1460. The number of amides is 1. The summed E-state index contributed by atoms with van der Waals surface area (Å²) in [6, 6.07) is 13.2. The molecule has 10 nitrogen and oxygen atoms in total. The Morgan fingerprint density at radius 2 is 1.80 bits per heavy atom. The van der Waals surface area contributed by atoms with Crippen molar-refractivity contribution in [3.63, 3.8) is 0 Å². The Labute approximate surface area is 237 Å². The zero-order valence-electron chi connectivity index (χ0n) is 23.2. The molecule has 3 aromatic heterocycles. The standard InChI is InChI=1S/C29H32F2N8O2/c1-29(2,3)41-28(40)38-15-13-37(14-16-38)22-8-6-21(7-9-22)34-27-33-12-10-24(35-27)23-18-39(19-25(30)31)36-26(23)20-5-4-11-32-17-20/h4-12,17-18,25H,13-16,19H2,1-3H3,(H,33,34,35). The van der Waals surface area contributed by atoms with Crippen molar-refractivity contribution >= 4 is 23.4 Å². The van der Waals surface area contributed by atoms with E-state index in [1.54, 1.807) is 41.8 Å². The molecule has 0 unspecified atom stereocenters. The number of nitrogens with one attached hydrogen (secondary N) is 1. The van der Waals surface area contributed by atoms with E-state index in [0.717, 1.165) is 11.4 Å². The second-order valence-electron chi connectivity index (χ2n) is 10.6. The summed E-state index contributed by atoms with van der Waals surface area (Å²) in [5.74, 6) is 0.361. The number of pyridine rings is 1. The summed E-state index contributed by atoms with van der Waals surface area (Å²) in [5, 5.41) is 7.59. The molecule has 1 aromatic carbocycles. The monoisotopic (exact) mass is 562 g/mol. The van der Waals surface area contributed by atoms with Gasteiger partial charge in [0.1, 0.15) is 17.8 Å². The number of benzene rings is 1. The van der Waals surface area contributed by atoms with Crippen molar-refractivity contribution < 1.29 is 18.3 Å². The van der Waals surface area contributed by atoms with Gasteiger partial charge in [0.05, 0.1) is 5.69 Å². The third-order valence-corrected chi connectivity index (χ3v) is 6.37. The first-order valence-electron chi connectivity index (χ1n) is 13.3. The highest BCUT2D eigenvalue weighted by atomic mass is 19.3. The molecular formula is C29H32F2N8O2. The van der Waals surface area contributed by atoms with Gasteiger partial charge in [0.25, 0.3) is 6.43 Å². The van der Waals surface area contributed by atoms with Crippen LogP contribution in [0.15, 0.2) is 67.3 Å². The molecule has 0 bridgehead atoms. The average molecular weight is 563 g/mol.